The lowest BCUT2D eigenvalue weighted by molar-refractivity contribution is -0.125. The van der Waals surface area contributed by atoms with Gasteiger partial charge in [-0.05, 0) is 19.9 Å². The van der Waals surface area contributed by atoms with Gasteiger partial charge in [0.1, 0.15) is 0 Å². The highest BCUT2D eigenvalue weighted by atomic mass is 16.6. The Morgan fingerprint density at radius 3 is 2.68 bits per heavy atom. The maximum atomic E-state index is 12.1. The SMILES string of the molecule is CNC1(CC(=O)NCC2COCCO2)CCCCC1. The summed E-state index contributed by atoms with van der Waals surface area (Å²) in [5, 5.41) is 6.34. The average molecular weight is 270 g/mol. The van der Waals surface area contributed by atoms with E-state index in [1.807, 2.05) is 7.05 Å². The van der Waals surface area contributed by atoms with E-state index >= 15 is 0 Å². The van der Waals surface area contributed by atoms with E-state index in [0.29, 0.717) is 32.8 Å². The Kier molecular flexibility index (Phi) is 5.60. The minimum Gasteiger partial charge on any atom is -0.376 e. The Balaban J connectivity index is 1.72. The predicted octanol–water partition coefficient (Wildman–Crippen LogP) is 0.830. The molecule has 1 aliphatic carbocycles. The fraction of sp³-hybridized carbons (Fsp3) is 0.929. The van der Waals surface area contributed by atoms with Crippen LogP contribution in [0, 0.1) is 0 Å². The van der Waals surface area contributed by atoms with Gasteiger partial charge in [0, 0.05) is 18.5 Å². The largest absolute Gasteiger partial charge is 0.376 e. The number of carbonyl (C=O) groups is 1. The molecule has 0 radical (unpaired) electrons. The molecule has 0 aromatic rings. The third-order valence-corrected chi connectivity index (χ3v) is 4.25. The summed E-state index contributed by atoms with van der Waals surface area (Å²) in [4.78, 5) is 12.1. The zero-order chi connectivity index (χ0) is 13.6. The van der Waals surface area contributed by atoms with Crippen LogP contribution < -0.4 is 10.6 Å². The van der Waals surface area contributed by atoms with Crippen LogP contribution in [-0.4, -0.2) is 51.0 Å². The molecule has 1 saturated heterocycles. The van der Waals surface area contributed by atoms with Gasteiger partial charge in [-0.25, -0.2) is 0 Å². The van der Waals surface area contributed by atoms with Crippen molar-refractivity contribution in [1.82, 2.24) is 10.6 Å². The van der Waals surface area contributed by atoms with Gasteiger partial charge in [-0.15, -0.1) is 0 Å². The number of ether oxygens (including phenoxy) is 2. The summed E-state index contributed by atoms with van der Waals surface area (Å²) < 4.78 is 10.8. The van der Waals surface area contributed by atoms with Crippen LogP contribution in [0.1, 0.15) is 38.5 Å². The molecule has 0 bridgehead atoms. The van der Waals surface area contributed by atoms with Crippen LogP contribution in [0.25, 0.3) is 0 Å². The zero-order valence-electron chi connectivity index (χ0n) is 11.9. The molecule has 2 rings (SSSR count). The van der Waals surface area contributed by atoms with Crippen molar-refractivity contribution in [2.75, 3.05) is 33.4 Å². The van der Waals surface area contributed by atoms with Gasteiger partial charge >= 0.3 is 0 Å². The van der Waals surface area contributed by atoms with E-state index in [4.69, 9.17) is 9.47 Å². The normalized spacial score (nSPS) is 26.9. The van der Waals surface area contributed by atoms with Crippen molar-refractivity contribution < 1.29 is 14.3 Å². The van der Waals surface area contributed by atoms with Gasteiger partial charge in [0.15, 0.2) is 0 Å². The second-order valence-electron chi connectivity index (χ2n) is 5.64. The molecule has 2 fully saturated rings. The Hall–Kier alpha value is -0.650. The van der Waals surface area contributed by atoms with E-state index < -0.39 is 0 Å². The summed E-state index contributed by atoms with van der Waals surface area (Å²) in [6, 6.07) is 0. The predicted molar refractivity (Wildman–Crippen MR) is 73.1 cm³/mol. The summed E-state index contributed by atoms with van der Waals surface area (Å²) in [7, 11) is 1.97. The molecule has 2 aliphatic rings. The molecule has 1 heterocycles. The van der Waals surface area contributed by atoms with Gasteiger partial charge in [0.2, 0.25) is 5.91 Å². The van der Waals surface area contributed by atoms with Crippen molar-refractivity contribution >= 4 is 5.91 Å². The van der Waals surface area contributed by atoms with E-state index in [0.717, 1.165) is 12.8 Å². The fourth-order valence-electron chi connectivity index (χ4n) is 3.00. The Labute approximate surface area is 115 Å². The molecular weight excluding hydrogens is 244 g/mol. The van der Waals surface area contributed by atoms with Crippen LogP contribution in [0.5, 0.6) is 0 Å². The molecule has 1 amide bonds. The van der Waals surface area contributed by atoms with Gasteiger partial charge in [-0.3, -0.25) is 4.79 Å². The Morgan fingerprint density at radius 2 is 2.05 bits per heavy atom. The lowest BCUT2D eigenvalue weighted by Gasteiger charge is -2.36. The van der Waals surface area contributed by atoms with E-state index in [-0.39, 0.29) is 17.6 Å². The second-order valence-corrected chi connectivity index (χ2v) is 5.64. The third-order valence-electron chi connectivity index (χ3n) is 4.25. The molecular formula is C14H26N2O3. The average Bonchev–Trinajstić information content (AvgIpc) is 2.47. The van der Waals surface area contributed by atoms with Crippen LogP contribution in [0.2, 0.25) is 0 Å². The molecule has 1 aliphatic heterocycles. The Morgan fingerprint density at radius 1 is 1.26 bits per heavy atom. The zero-order valence-corrected chi connectivity index (χ0v) is 11.9. The van der Waals surface area contributed by atoms with Crippen molar-refractivity contribution in [3.05, 3.63) is 0 Å². The highest BCUT2D eigenvalue weighted by Gasteiger charge is 2.32. The first-order chi connectivity index (χ1) is 9.24. The quantitative estimate of drug-likeness (QED) is 0.777. The summed E-state index contributed by atoms with van der Waals surface area (Å²) in [6.45, 7) is 2.42. The first kappa shape index (κ1) is 14.8. The molecule has 2 N–H and O–H groups in total. The van der Waals surface area contributed by atoms with Crippen molar-refractivity contribution in [2.45, 2.75) is 50.2 Å². The van der Waals surface area contributed by atoms with Crippen molar-refractivity contribution in [3.63, 3.8) is 0 Å². The van der Waals surface area contributed by atoms with Gasteiger partial charge in [0.25, 0.3) is 0 Å². The van der Waals surface area contributed by atoms with Gasteiger partial charge in [-0.2, -0.15) is 0 Å². The lowest BCUT2D eigenvalue weighted by atomic mass is 9.79. The number of amides is 1. The molecule has 5 nitrogen and oxygen atoms in total. The van der Waals surface area contributed by atoms with Crippen LogP contribution in [-0.2, 0) is 14.3 Å². The van der Waals surface area contributed by atoms with E-state index in [9.17, 15) is 4.79 Å². The van der Waals surface area contributed by atoms with Crippen molar-refractivity contribution in [2.24, 2.45) is 0 Å². The highest BCUT2D eigenvalue weighted by molar-refractivity contribution is 5.77. The van der Waals surface area contributed by atoms with E-state index in [1.165, 1.54) is 19.3 Å². The lowest BCUT2D eigenvalue weighted by Crippen LogP contribution is -2.49. The first-order valence-electron chi connectivity index (χ1n) is 7.39. The fourth-order valence-corrected chi connectivity index (χ4v) is 3.00. The van der Waals surface area contributed by atoms with Crippen molar-refractivity contribution in [1.29, 1.82) is 0 Å². The van der Waals surface area contributed by atoms with Crippen LogP contribution in [0.3, 0.4) is 0 Å². The summed E-state index contributed by atoms with van der Waals surface area (Å²) in [5.74, 6) is 0.116. The number of carbonyl (C=O) groups excluding carboxylic acids is 1. The van der Waals surface area contributed by atoms with E-state index in [1.54, 1.807) is 0 Å². The second kappa shape index (κ2) is 7.22. The first-order valence-corrected chi connectivity index (χ1v) is 7.39. The molecule has 5 heteroatoms. The number of hydrogen-bond donors (Lipinski definition) is 2. The van der Waals surface area contributed by atoms with Gasteiger partial charge in [0.05, 0.1) is 25.9 Å². The van der Waals surface area contributed by atoms with Gasteiger partial charge < -0.3 is 20.1 Å². The molecule has 19 heavy (non-hydrogen) atoms. The number of rotatable bonds is 5. The molecule has 0 spiro atoms. The van der Waals surface area contributed by atoms with Crippen LogP contribution in [0.4, 0.5) is 0 Å². The topological polar surface area (TPSA) is 59.6 Å². The molecule has 110 valence electrons. The number of hydrogen-bond acceptors (Lipinski definition) is 4. The molecule has 1 unspecified atom stereocenters. The standard InChI is InChI=1S/C14H26N2O3/c1-15-14(5-3-2-4-6-14)9-13(17)16-10-12-11-18-7-8-19-12/h12,15H,2-11H2,1H3,(H,16,17). The summed E-state index contributed by atoms with van der Waals surface area (Å²) >= 11 is 0. The molecule has 0 aromatic carbocycles. The van der Waals surface area contributed by atoms with Gasteiger partial charge in [-0.1, -0.05) is 19.3 Å². The highest BCUT2D eigenvalue weighted by Crippen LogP contribution is 2.30. The smallest absolute Gasteiger partial charge is 0.221 e. The Bertz CT molecular complexity index is 284. The molecule has 0 aromatic heterocycles. The van der Waals surface area contributed by atoms with Crippen LogP contribution >= 0.6 is 0 Å². The van der Waals surface area contributed by atoms with E-state index in [2.05, 4.69) is 10.6 Å². The maximum Gasteiger partial charge on any atom is 0.221 e. The third kappa shape index (κ3) is 4.44. The molecule has 1 atom stereocenters. The molecule has 1 saturated carbocycles. The maximum absolute atomic E-state index is 12.1. The monoisotopic (exact) mass is 270 g/mol. The summed E-state index contributed by atoms with van der Waals surface area (Å²) in [5.41, 5.74) is 0.00621. The minimum atomic E-state index is 0.00621. The summed E-state index contributed by atoms with van der Waals surface area (Å²) in [6.07, 6.45) is 6.49. The number of nitrogens with one attached hydrogen (secondary N) is 2. The van der Waals surface area contributed by atoms with Crippen LogP contribution in [0.15, 0.2) is 0 Å². The minimum absolute atomic E-state index is 0.00621. The van der Waals surface area contributed by atoms with Crippen molar-refractivity contribution in [3.8, 4) is 0 Å².